The Morgan fingerprint density at radius 1 is 1.22 bits per heavy atom. The van der Waals surface area contributed by atoms with Crippen LogP contribution in [0, 0.1) is 0 Å². The molecule has 1 aliphatic rings. The third-order valence-electron chi connectivity index (χ3n) is 3.40. The van der Waals surface area contributed by atoms with E-state index in [0.29, 0.717) is 12.1 Å². The van der Waals surface area contributed by atoms with E-state index >= 15 is 0 Å². The predicted molar refractivity (Wildman–Crippen MR) is 93.3 cm³/mol. The second-order valence-electron chi connectivity index (χ2n) is 6.42. The number of halogens is 1. The summed E-state index contributed by atoms with van der Waals surface area (Å²) in [7, 11) is 0. The quantitative estimate of drug-likeness (QED) is 0.611. The van der Waals surface area contributed by atoms with E-state index in [-0.39, 0.29) is 0 Å². The number of carbonyl (C=O) groups is 1. The van der Waals surface area contributed by atoms with Crippen LogP contribution in [0.4, 0.5) is 10.5 Å². The largest absolute Gasteiger partial charge is 0.456 e. The Morgan fingerprint density at radius 2 is 1.96 bits per heavy atom. The summed E-state index contributed by atoms with van der Waals surface area (Å²) in [5.74, 6) is 1.58. The minimum atomic E-state index is -0.535. The van der Waals surface area contributed by atoms with Crippen LogP contribution in [0.15, 0.2) is 40.9 Å². The number of carbonyl (C=O) groups excluding carboxylic acids is 1. The maximum Gasteiger partial charge on any atom is 0.412 e. The molecule has 0 unspecified atom stereocenters. The molecule has 1 amide bonds. The second kappa shape index (κ2) is 5.89. The highest BCUT2D eigenvalue weighted by Gasteiger charge is 2.23. The van der Waals surface area contributed by atoms with Gasteiger partial charge in [0.2, 0.25) is 0 Å². The van der Waals surface area contributed by atoms with Gasteiger partial charge in [-0.25, -0.2) is 4.79 Å². The number of anilines is 1. The molecule has 0 spiro atoms. The molecule has 5 heteroatoms. The Morgan fingerprint density at radius 3 is 2.70 bits per heavy atom. The maximum atomic E-state index is 12.0. The minimum Gasteiger partial charge on any atom is -0.456 e. The van der Waals surface area contributed by atoms with E-state index < -0.39 is 11.7 Å². The van der Waals surface area contributed by atoms with Crippen molar-refractivity contribution in [2.75, 3.05) is 5.32 Å². The van der Waals surface area contributed by atoms with Crippen molar-refractivity contribution in [3.05, 3.63) is 52.0 Å². The van der Waals surface area contributed by atoms with Crippen molar-refractivity contribution in [1.29, 1.82) is 0 Å². The summed E-state index contributed by atoms with van der Waals surface area (Å²) in [5.41, 5.74) is 2.20. The van der Waals surface area contributed by atoms with Gasteiger partial charge < -0.3 is 9.47 Å². The zero-order valence-corrected chi connectivity index (χ0v) is 14.9. The molecule has 0 saturated carbocycles. The fraction of sp³-hybridized carbons (Fsp3) is 0.278. The summed E-state index contributed by atoms with van der Waals surface area (Å²) in [4.78, 5) is 12.0. The van der Waals surface area contributed by atoms with Crippen molar-refractivity contribution in [2.24, 2.45) is 0 Å². The van der Waals surface area contributed by atoms with Crippen LogP contribution in [0.3, 0.4) is 0 Å². The van der Waals surface area contributed by atoms with Crippen LogP contribution in [0.25, 0.3) is 0 Å². The first kappa shape index (κ1) is 15.9. The lowest BCUT2D eigenvalue weighted by Gasteiger charge is -2.24. The summed E-state index contributed by atoms with van der Waals surface area (Å²) in [6, 6.07) is 11.6. The van der Waals surface area contributed by atoms with Gasteiger partial charge in [-0.15, -0.1) is 0 Å². The van der Waals surface area contributed by atoms with E-state index in [0.717, 1.165) is 27.1 Å². The number of hydrogen-bond donors (Lipinski definition) is 1. The Hall–Kier alpha value is -2.01. The highest BCUT2D eigenvalue weighted by Crippen LogP contribution is 2.43. The molecule has 0 aromatic heterocycles. The number of fused-ring (bicyclic) bond motifs is 2. The van der Waals surface area contributed by atoms with Crippen LogP contribution < -0.4 is 10.1 Å². The standard InChI is InChI=1S/C18H18BrNO3/c1-18(2,3)23-17(21)20-14-8-5-9-15-12(14)10-11-6-4-7-13(19)16(11)22-15/h4-9H,10H2,1-3H3,(H,20,21). The lowest BCUT2D eigenvalue weighted by Crippen LogP contribution is -2.27. The molecule has 0 saturated heterocycles. The highest BCUT2D eigenvalue weighted by atomic mass is 79.9. The average Bonchev–Trinajstić information content (AvgIpc) is 2.45. The topological polar surface area (TPSA) is 47.6 Å². The smallest absolute Gasteiger partial charge is 0.412 e. The van der Waals surface area contributed by atoms with Gasteiger partial charge in [-0.05, 0) is 54.9 Å². The number of rotatable bonds is 1. The lowest BCUT2D eigenvalue weighted by atomic mass is 9.99. The van der Waals surface area contributed by atoms with Crippen molar-refractivity contribution >= 4 is 27.7 Å². The SMILES string of the molecule is CC(C)(C)OC(=O)Nc1cccc2c1Cc1cccc(Br)c1O2. The van der Waals surface area contributed by atoms with Crippen LogP contribution >= 0.6 is 15.9 Å². The molecule has 1 heterocycles. The van der Waals surface area contributed by atoms with Crippen molar-refractivity contribution in [1.82, 2.24) is 0 Å². The van der Waals surface area contributed by atoms with Crippen molar-refractivity contribution < 1.29 is 14.3 Å². The van der Waals surface area contributed by atoms with E-state index in [1.807, 2.05) is 57.2 Å². The average molecular weight is 376 g/mol. The zero-order valence-electron chi connectivity index (χ0n) is 13.3. The summed E-state index contributed by atoms with van der Waals surface area (Å²) in [6.45, 7) is 5.51. The molecule has 3 rings (SSSR count). The van der Waals surface area contributed by atoms with Crippen LogP contribution in [0.2, 0.25) is 0 Å². The summed E-state index contributed by atoms with van der Waals surface area (Å²) < 4.78 is 12.2. The highest BCUT2D eigenvalue weighted by molar-refractivity contribution is 9.10. The molecular formula is C18H18BrNO3. The number of para-hydroxylation sites is 1. The normalized spacial score (nSPS) is 12.7. The number of amides is 1. The van der Waals surface area contributed by atoms with Gasteiger partial charge in [0.1, 0.15) is 17.1 Å². The lowest BCUT2D eigenvalue weighted by molar-refractivity contribution is 0.0636. The minimum absolute atomic E-state index is 0.467. The molecule has 2 aromatic carbocycles. The van der Waals surface area contributed by atoms with Crippen molar-refractivity contribution in [3.63, 3.8) is 0 Å². The van der Waals surface area contributed by atoms with Crippen molar-refractivity contribution in [3.8, 4) is 11.5 Å². The van der Waals surface area contributed by atoms with Gasteiger partial charge in [-0.3, -0.25) is 5.32 Å². The molecule has 0 atom stereocenters. The van der Waals surface area contributed by atoms with Gasteiger partial charge in [0.25, 0.3) is 0 Å². The molecule has 4 nitrogen and oxygen atoms in total. The van der Waals surface area contributed by atoms with Crippen LogP contribution in [0.5, 0.6) is 11.5 Å². The third-order valence-corrected chi connectivity index (χ3v) is 4.02. The van der Waals surface area contributed by atoms with E-state index in [2.05, 4.69) is 21.2 Å². The van der Waals surface area contributed by atoms with Gasteiger partial charge in [0.05, 0.1) is 10.2 Å². The summed E-state index contributed by atoms with van der Waals surface area (Å²) in [6.07, 6.45) is 0.224. The van der Waals surface area contributed by atoms with Crippen LogP contribution in [-0.4, -0.2) is 11.7 Å². The van der Waals surface area contributed by atoms with Crippen LogP contribution in [-0.2, 0) is 11.2 Å². The van der Waals surface area contributed by atoms with Crippen LogP contribution in [0.1, 0.15) is 31.9 Å². The van der Waals surface area contributed by atoms with E-state index in [4.69, 9.17) is 9.47 Å². The van der Waals surface area contributed by atoms with Gasteiger partial charge in [0.15, 0.2) is 0 Å². The van der Waals surface area contributed by atoms with E-state index in [1.165, 1.54) is 0 Å². The number of hydrogen-bond acceptors (Lipinski definition) is 3. The molecule has 23 heavy (non-hydrogen) atoms. The summed E-state index contributed by atoms with van der Waals surface area (Å²) >= 11 is 3.51. The first-order valence-electron chi connectivity index (χ1n) is 7.40. The second-order valence-corrected chi connectivity index (χ2v) is 7.27. The fourth-order valence-electron chi connectivity index (χ4n) is 2.48. The Bertz CT molecular complexity index is 765. The fourth-order valence-corrected chi connectivity index (χ4v) is 2.97. The van der Waals surface area contributed by atoms with Gasteiger partial charge >= 0.3 is 6.09 Å². The Balaban J connectivity index is 1.88. The third kappa shape index (κ3) is 3.50. The first-order valence-corrected chi connectivity index (χ1v) is 8.20. The Kier molecular flexibility index (Phi) is 4.06. The molecular weight excluding hydrogens is 358 g/mol. The Labute approximate surface area is 143 Å². The molecule has 1 aliphatic heterocycles. The van der Waals surface area contributed by atoms with E-state index in [9.17, 15) is 4.79 Å². The van der Waals surface area contributed by atoms with Gasteiger partial charge in [-0.2, -0.15) is 0 Å². The molecule has 0 radical (unpaired) electrons. The molecule has 1 N–H and O–H groups in total. The maximum absolute atomic E-state index is 12.0. The number of nitrogens with one attached hydrogen (secondary N) is 1. The van der Waals surface area contributed by atoms with Crippen molar-refractivity contribution in [2.45, 2.75) is 32.8 Å². The molecule has 2 aromatic rings. The van der Waals surface area contributed by atoms with Gasteiger partial charge in [-0.1, -0.05) is 18.2 Å². The zero-order chi connectivity index (χ0) is 16.6. The van der Waals surface area contributed by atoms with E-state index in [1.54, 1.807) is 0 Å². The van der Waals surface area contributed by atoms with Gasteiger partial charge in [0, 0.05) is 17.5 Å². The molecule has 0 bridgehead atoms. The monoisotopic (exact) mass is 375 g/mol. The summed E-state index contributed by atoms with van der Waals surface area (Å²) in [5, 5.41) is 2.82. The molecule has 0 fully saturated rings. The number of ether oxygens (including phenoxy) is 2. The molecule has 0 aliphatic carbocycles. The predicted octanol–water partition coefficient (Wildman–Crippen LogP) is 5.49. The number of benzene rings is 2. The molecule has 120 valence electrons. The first-order chi connectivity index (χ1) is 10.8.